The zero-order valence-corrected chi connectivity index (χ0v) is 25.1. The van der Waals surface area contributed by atoms with E-state index in [-0.39, 0.29) is 18.1 Å². The van der Waals surface area contributed by atoms with Gasteiger partial charge in [-0.1, -0.05) is 47.5 Å². The van der Waals surface area contributed by atoms with E-state index in [0.29, 0.717) is 54.6 Å². The van der Waals surface area contributed by atoms with Crippen LogP contribution < -0.4 is 20.4 Å². The van der Waals surface area contributed by atoms with Crippen LogP contribution in [-0.4, -0.2) is 32.3 Å². The number of nitrogens with zero attached hydrogens (tertiary/aromatic N) is 5. The first kappa shape index (κ1) is 27.8. The first-order chi connectivity index (χ1) is 20.2. The number of ether oxygens (including phenoxy) is 1. The van der Waals surface area contributed by atoms with Gasteiger partial charge in [0.1, 0.15) is 5.75 Å². The number of para-hydroxylation sites is 1. The van der Waals surface area contributed by atoms with Crippen LogP contribution in [0.25, 0.3) is 16.9 Å². The number of aromatic nitrogens is 3. The maximum atomic E-state index is 13.6. The quantitative estimate of drug-likeness (QED) is 0.239. The molecule has 0 spiro atoms. The van der Waals surface area contributed by atoms with Crippen molar-refractivity contribution in [2.45, 2.75) is 13.8 Å². The zero-order chi connectivity index (χ0) is 29.5. The normalized spacial score (nSPS) is 13.6. The number of carbonyl (C=O) groups is 1. The summed E-state index contributed by atoms with van der Waals surface area (Å²) >= 11 is 14.0. The Morgan fingerprint density at radius 2 is 1.83 bits per heavy atom. The Labute approximate surface area is 254 Å². The molecule has 1 aliphatic rings. The van der Waals surface area contributed by atoms with E-state index in [9.17, 15) is 9.59 Å². The fourth-order valence-corrected chi connectivity index (χ4v) is 6.06. The molecule has 3 aromatic carbocycles. The van der Waals surface area contributed by atoms with Crippen LogP contribution in [0.2, 0.25) is 10.0 Å². The molecule has 1 N–H and O–H groups in total. The lowest BCUT2D eigenvalue weighted by Gasteiger charge is -2.18. The topological polar surface area (TPSA) is 94.9 Å². The van der Waals surface area contributed by atoms with Crippen LogP contribution in [-0.2, 0) is 11.8 Å². The van der Waals surface area contributed by atoms with Crippen LogP contribution in [0.1, 0.15) is 18.2 Å². The standard InChI is InChI=1S/C30H24Cl2N6O3S/c1-17(22-11-10-20(31)14-23(22)32)35-37-25(19-9-12-26-24(13-19)33-27(39)15-41-26)16-42-30(37)34-28-18(2)36(3)38(29(28)40)21-7-5-4-6-8-21/h4-14,16H,15H2,1-3H3,(H,33,39). The molecule has 0 unspecified atom stereocenters. The number of hydrogen-bond donors (Lipinski definition) is 1. The highest BCUT2D eigenvalue weighted by Crippen LogP contribution is 2.33. The molecule has 0 atom stereocenters. The number of anilines is 1. The second kappa shape index (κ2) is 11.1. The molecule has 2 aromatic heterocycles. The summed E-state index contributed by atoms with van der Waals surface area (Å²) in [4.78, 5) is 30.9. The second-order valence-electron chi connectivity index (χ2n) is 9.59. The van der Waals surface area contributed by atoms with Crippen molar-refractivity contribution in [1.82, 2.24) is 14.0 Å². The molecule has 0 saturated heterocycles. The van der Waals surface area contributed by atoms with Gasteiger partial charge in [0.2, 0.25) is 4.80 Å². The molecule has 12 heteroatoms. The number of benzene rings is 3. The molecule has 0 fully saturated rings. The number of fused-ring (bicyclic) bond motifs is 1. The summed E-state index contributed by atoms with van der Waals surface area (Å²) < 4.78 is 10.6. The zero-order valence-electron chi connectivity index (χ0n) is 22.8. The number of rotatable bonds is 5. The van der Waals surface area contributed by atoms with Gasteiger partial charge in [-0.2, -0.15) is 5.10 Å². The molecular formula is C30H24Cl2N6O3S. The van der Waals surface area contributed by atoms with E-state index in [4.69, 9.17) is 38.0 Å². The average molecular weight is 620 g/mol. The minimum Gasteiger partial charge on any atom is -0.482 e. The summed E-state index contributed by atoms with van der Waals surface area (Å²) in [5.74, 6) is 0.355. The summed E-state index contributed by atoms with van der Waals surface area (Å²) in [5, 5.41) is 10.6. The van der Waals surface area contributed by atoms with Crippen molar-refractivity contribution in [3.63, 3.8) is 0 Å². The predicted octanol–water partition coefficient (Wildman–Crippen LogP) is 6.16. The first-order valence-electron chi connectivity index (χ1n) is 12.9. The molecule has 1 amide bonds. The summed E-state index contributed by atoms with van der Waals surface area (Å²) in [6, 6.07) is 20.1. The lowest BCUT2D eigenvalue weighted by Crippen LogP contribution is -2.25. The third kappa shape index (κ3) is 5.09. The van der Waals surface area contributed by atoms with Crippen LogP contribution in [0.3, 0.4) is 0 Å². The predicted molar refractivity (Wildman–Crippen MR) is 167 cm³/mol. The molecule has 42 heavy (non-hydrogen) atoms. The number of nitrogens with one attached hydrogen (secondary N) is 1. The monoisotopic (exact) mass is 618 g/mol. The SMILES string of the molecule is CC(=Nn1c(-c2ccc3c(c2)NC(=O)CO3)csc1=Nc1c(C)n(C)n(-c2ccccc2)c1=O)c1ccc(Cl)cc1Cl. The van der Waals surface area contributed by atoms with Gasteiger partial charge < -0.3 is 10.1 Å². The largest absolute Gasteiger partial charge is 0.482 e. The van der Waals surface area contributed by atoms with Crippen molar-refractivity contribution in [2.75, 3.05) is 11.9 Å². The molecule has 212 valence electrons. The van der Waals surface area contributed by atoms with Crippen molar-refractivity contribution >= 4 is 57.5 Å². The van der Waals surface area contributed by atoms with Crippen LogP contribution in [0.5, 0.6) is 5.75 Å². The van der Waals surface area contributed by atoms with Crippen molar-refractivity contribution in [3.05, 3.63) is 109 Å². The molecule has 3 heterocycles. The Bertz CT molecular complexity index is 2020. The Hall–Kier alpha value is -4.38. The lowest BCUT2D eigenvalue weighted by molar-refractivity contribution is -0.118. The minimum absolute atomic E-state index is 0.0316. The van der Waals surface area contributed by atoms with Crippen molar-refractivity contribution in [3.8, 4) is 22.7 Å². The van der Waals surface area contributed by atoms with Crippen molar-refractivity contribution in [2.24, 2.45) is 17.1 Å². The second-order valence-corrected chi connectivity index (χ2v) is 11.3. The van der Waals surface area contributed by atoms with Crippen LogP contribution >= 0.6 is 34.5 Å². The van der Waals surface area contributed by atoms with Crippen LogP contribution in [0.15, 0.2) is 87.0 Å². The fraction of sp³-hybridized carbons (Fsp3) is 0.133. The molecule has 9 nitrogen and oxygen atoms in total. The Morgan fingerprint density at radius 1 is 1.05 bits per heavy atom. The smallest absolute Gasteiger partial charge is 0.297 e. The summed E-state index contributed by atoms with van der Waals surface area (Å²) in [6.45, 7) is 3.66. The van der Waals surface area contributed by atoms with Gasteiger partial charge in [0.25, 0.3) is 11.5 Å². The summed E-state index contributed by atoms with van der Waals surface area (Å²) in [7, 11) is 1.82. The number of carbonyl (C=O) groups excluding carboxylic acids is 1. The van der Waals surface area contributed by atoms with Gasteiger partial charge in [-0.3, -0.25) is 14.3 Å². The maximum Gasteiger partial charge on any atom is 0.297 e. The molecule has 0 saturated carbocycles. The lowest BCUT2D eigenvalue weighted by atomic mass is 10.1. The van der Waals surface area contributed by atoms with E-state index >= 15 is 0 Å². The molecule has 0 bridgehead atoms. The Kier molecular flexibility index (Phi) is 7.36. The molecular weight excluding hydrogens is 595 g/mol. The summed E-state index contributed by atoms with van der Waals surface area (Å²) in [5.41, 5.74) is 4.81. The molecule has 1 aliphatic heterocycles. The van der Waals surface area contributed by atoms with Gasteiger partial charge in [0.05, 0.1) is 33.5 Å². The van der Waals surface area contributed by atoms with Gasteiger partial charge in [-0.15, -0.1) is 11.3 Å². The van der Waals surface area contributed by atoms with Gasteiger partial charge >= 0.3 is 0 Å². The van der Waals surface area contributed by atoms with E-state index in [1.165, 1.54) is 11.3 Å². The Morgan fingerprint density at radius 3 is 2.60 bits per heavy atom. The van der Waals surface area contributed by atoms with E-state index in [1.54, 1.807) is 38.3 Å². The van der Waals surface area contributed by atoms with Crippen molar-refractivity contribution < 1.29 is 9.53 Å². The van der Waals surface area contributed by atoms with E-state index < -0.39 is 0 Å². The van der Waals surface area contributed by atoms with E-state index in [2.05, 4.69) is 5.32 Å². The van der Waals surface area contributed by atoms with Gasteiger partial charge in [-0.25, -0.2) is 14.4 Å². The van der Waals surface area contributed by atoms with Gasteiger partial charge in [0.15, 0.2) is 12.3 Å². The highest BCUT2D eigenvalue weighted by atomic mass is 35.5. The number of thiazole rings is 1. The average Bonchev–Trinajstić information content (AvgIpc) is 3.46. The minimum atomic E-state index is -0.252. The highest BCUT2D eigenvalue weighted by molar-refractivity contribution is 7.07. The van der Waals surface area contributed by atoms with E-state index in [1.807, 2.05) is 68.7 Å². The first-order valence-corrected chi connectivity index (χ1v) is 14.5. The third-order valence-corrected chi connectivity index (χ3v) is 8.26. The summed E-state index contributed by atoms with van der Waals surface area (Å²) in [6.07, 6.45) is 0. The van der Waals surface area contributed by atoms with Crippen LogP contribution in [0.4, 0.5) is 11.4 Å². The fourth-order valence-electron chi connectivity index (χ4n) is 4.68. The third-order valence-electron chi connectivity index (χ3n) is 6.90. The van der Waals surface area contributed by atoms with Gasteiger partial charge in [-0.05, 0) is 56.3 Å². The molecule has 6 rings (SSSR count). The molecule has 0 radical (unpaired) electrons. The number of hydrogen-bond acceptors (Lipinski definition) is 6. The molecule has 5 aromatic rings. The maximum absolute atomic E-state index is 13.6. The van der Waals surface area contributed by atoms with E-state index in [0.717, 1.165) is 11.3 Å². The van der Waals surface area contributed by atoms with Crippen LogP contribution in [0, 0.1) is 6.92 Å². The number of halogens is 2. The Balaban J connectivity index is 1.56. The number of amides is 1. The highest BCUT2D eigenvalue weighted by Gasteiger charge is 2.20. The van der Waals surface area contributed by atoms with Gasteiger partial charge in [0, 0.05) is 28.6 Å². The van der Waals surface area contributed by atoms with Crippen molar-refractivity contribution in [1.29, 1.82) is 0 Å². The molecule has 0 aliphatic carbocycles.